The first-order valence-corrected chi connectivity index (χ1v) is 10.7. The molecule has 0 N–H and O–H groups in total. The fraction of sp³-hybridized carbons (Fsp3) is 0.545. The molecule has 146 valence electrons. The number of ether oxygens (including phenoxy) is 1. The van der Waals surface area contributed by atoms with E-state index in [-0.39, 0.29) is 23.7 Å². The van der Waals surface area contributed by atoms with Crippen molar-refractivity contribution >= 4 is 17.1 Å². The summed E-state index contributed by atoms with van der Waals surface area (Å²) in [4.78, 5) is 20.0. The van der Waals surface area contributed by atoms with Crippen LogP contribution in [0.4, 0.5) is 0 Å². The van der Waals surface area contributed by atoms with Crippen LogP contribution in [0.5, 0.6) is 0 Å². The third-order valence-corrected chi connectivity index (χ3v) is 6.74. The number of likely N-dealkylation sites (tertiary alicyclic amines) is 1. The van der Waals surface area contributed by atoms with Gasteiger partial charge in [-0.3, -0.25) is 4.79 Å². The van der Waals surface area contributed by atoms with Gasteiger partial charge in [0, 0.05) is 43.0 Å². The summed E-state index contributed by atoms with van der Waals surface area (Å²) in [5.41, 5.74) is 1.25. The Morgan fingerprint density at radius 1 is 1.37 bits per heavy atom. The molecule has 1 aliphatic rings. The molecule has 1 aliphatic heterocycles. The number of rotatable bonds is 9. The number of methoxy groups -OCH3 is 1. The van der Waals surface area contributed by atoms with E-state index in [1.54, 1.807) is 18.4 Å². The molecule has 3 rings (SSSR count). The normalized spacial score (nSPS) is 21.1. The molecule has 1 saturated heterocycles. The first kappa shape index (κ1) is 20.2. The Bertz CT molecular complexity index is 704. The van der Waals surface area contributed by atoms with E-state index in [9.17, 15) is 4.79 Å². The number of carbonyl (C=O) groups is 1. The average molecular weight is 387 g/mol. The minimum atomic E-state index is -0.112. The zero-order valence-corrected chi connectivity index (χ0v) is 17.3. The van der Waals surface area contributed by atoms with Crippen molar-refractivity contribution < 1.29 is 9.53 Å². The fourth-order valence-corrected chi connectivity index (χ4v) is 4.98. The SMILES string of the molecule is CO[C@H]([C@@H](C)C(=O)C[C@@H](Cc1ccccc1)c1nccs1)[C@@H]1CCCN1C. The Kier molecular flexibility index (Phi) is 7.16. The monoisotopic (exact) mass is 386 g/mol. The van der Waals surface area contributed by atoms with Crippen molar-refractivity contribution in [3.63, 3.8) is 0 Å². The second kappa shape index (κ2) is 9.58. The highest BCUT2D eigenvalue weighted by Crippen LogP contribution is 2.31. The Hall–Kier alpha value is -1.56. The van der Waals surface area contributed by atoms with Gasteiger partial charge in [0.15, 0.2) is 0 Å². The maximum atomic E-state index is 13.2. The number of hydrogen-bond acceptors (Lipinski definition) is 5. The summed E-state index contributed by atoms with van der Waals surface area (Å²) in [7, 11) is 3.87. The highest BCUT2D eigenvalue weighted by molar-refractivity contribution is 7.09. The molecule has 1 aromatic heterocycles. The summed E-state index contributed by atoms with van der Waals surface area (Å²) in [6.07, 6.45) is 5.42. The lowest BCUT2D eigenvalue weighted by molar-refractivity contribution is -0.128. The Morgan fingerprint density at radius 3 is 2.74 bits per heavy atom. The molecule has 1 aromatic carbocycles. The molecule has 2 aromatic rings. The number of nitrogens with zero attached hydrogens (tertiary/aromatic N) is 2. The summed E-state index contributed by atoms with van der Waals surface area (Å²) in [6, 6.07) is 10.7. The van der Waals surface area contributed by atoms with Gasteiger partial charge in [-0.1, -0.05) is 37.3 Å². The van der Waals surface area contributed by atoms with Gasteiger partial charge >= 0.3 is 0 Å². The molecule has 0 saturated carbocycles. The number of Topliss-reactive ketones (excluding diaryl/α,β-unsaturated/α-hetero) is 1. The predicted molar refractivity (Wildman–Crippen MR) is 110 cm³/mol. The van der Waals surface area contributed by atoms with Gasteiger partial charge < -0.3 is 9.64 Å². The smallest absolute Gasteiger partial charge is 0.139 e. The molecule has 0 radical (unpaired) electrons. The van der Waals surface area contributed by atoms with Crippen molar-refractivity contribution in [2.45, 2.75) is 50.7 Å². The third-order valence-electron chi connectivity index (χ3n) is 5.80. The molecule has 1 fully saturated rings. The number of carbonyl (C=O) groups excluding carboxylic acids is 1. The third kappa shape index (κ3) is 5.03. The van der Waals surface area contributed by atoms with Crippen LogP contribution in [0, 0.1) is 5.92 Å². The summed E-state index contributed by atoms with van der Waals surface area (Å²) < 4.78 is 5.80. The van der Waals surface area contributed by atoms with Gasteiger partial charge in [-0.05, 0) is 38.4 Å². The van der Waals surface area contributed by atoms with Gasteiger partial charge in [0.2, 0.25) is 0 Å². The van der Waals surface area contributed by atoms with Crippen LogP contribution < -0.4 is 0 Å². The number of thiazole rings is 1. The molecule has 0 bridgehead atoms. The van der Waals surface area contributed by atoms with Crippen molar-refractivity contribution in [2.24, 2.45) is 5.92 Å². The van der Waals surface area contributed by atoms with E-state index in [1.807, 2.05) is 24.6 Å². The second-order valence-electron chi connectivity index (χ2n) is 7.61. The first-order chi connectivity index (χ1) is 13.1. The van der Waals surface area contributed by atoms with E-state index in [1.165, 1.54) is 12.0 Å². The van der Waals surface area contributed by atoms with Crippen LogP contribution in [-0.4, -0.2) is 48.5 Å². The molecular formula is C22H30N2O2S. The highest BCUT2D eigenvalue weighted by Gasteiger charge is 2.36. The van der Waals surface area contributed by atoms with Crippen molar-refractivity contribution in [3.05, 3.63) is 52.5 Å². The zero-order valence-electron chi connectivity index (χ0n) is 16.5. The summed E-state index contributed by atoms with van der Waals surface area (Å²) >= 11 is 1.64. The van der Waals surface area contributed by atoms with Gasteiger partial charge in [0.25, 0.3) is 0 Å². The van der Waals surface area contributed by atoms with Crippen LogP contribution in [-0.2, 0) is 16.0 Å². The molecule has 4 atom stereocenters. The predicted octanol–water partition coefficient (Wildman–Crippen LogP) is 4.17. The van der Waals surface area contributed by atoms with Crippen LogP contribution >= 0.6 is 11.3 Å². The van der Waals surface area contributed by atoms with Crippen LogP contribution in [0.3, 0.4) is 0 Å². The van der Waals surface area contributed by atoms with Crippen molar-refractivity contribution in [3.8, 4) is 0 Å². The number of aromatic nitrogens is 1. The minimum absolute atomic E-state index is 0.0429. The van der Waals surface area contributed by atoms with E-state index in [0.717, 1.165) is 24.4 Å². The number of hydrogen-bond donors (Lipinski definition) is 0. The lowest BCUT2D eigenvalue weighted by atomic mass is 9.86. The first-order valence-electron chi connectivity index (χ1n) is 9.79. The molecule has 0 unspecified atom stereocenters. The fourth-order valence-electron chi connectivity index (χ4n) is 4.24. The van der Waals surface area contributed by atoms with Gasteiger partial charge in [0.05, 0.1) is 11.1 Å². The molecule has 5 heteroatoms. The lowest BCUT2D eigenvalue weighted by Gasteiger charge is -2.32. The molecule has 0 amide bonds. The largest absolute Gasteiger partial charge is 0.379 e. The molecular weight excluding hydrogens is 356 g/mol. The van der Waals surface area contributed by atoms with Crippen molar-refractivity contribution in [2.75, 3.05) is 20.7 Å². The quantitative estimate of drug-likeness (QED) is 0.649. The Balaban J connectivity index is 1.71. The van der Waals surface area contributed by atoms with E-state index in [4.69, 9.17) is 4.74 Å². The topological polar surface area (TPSA) is 42.4 Å². The molecule has 27 heavy (non-hydrogen) atoms. The summed E-state index contributed by atoms with van der Waals surface area (Å²) in [5.74, 6) is 0.290. The standard InChI is InChI=1S/C22H30N2O2S/c1-16(21(26-3)19-10-7-12-24(19)2)20(25)15-18(22-23-11-13-27-22)14-17-8-5-4-6-9-17/h4-6,8-9,11,13,16,18-19,21H,7,10,12,14-15H2,1-3H3/t16-,18+,19-,21+/m0/s1. The van der Waals surface area contributed by atoms with Gasteiger partial charge in [0.1, 0.15) is 5.78 Å². The van der Waals surface area contributed by atoms with E-state index in [0.29, 0.717) is 12.5 Å². The molecule has 0 spiro atoms. The molecule has 0 aliphatic carbocycles. The van der Waals surface area contributed by atoms with Crippen LogP contribution in [0.2, 0.25) is 0 Å². The van der Waals surface area contributed by atoms with Gasteiger partial charge in [-0.25, -0.2) is 4.98 Å². The number of likely N-dealkylation sites (N-methyl/N-ethyl adjacent to an activating group) is 1. The van der Waals surface area contributed by atoms with Crippen LogP contribution in [0.15, 0.2) is 41.9 Å². The van der Waals surface area contributed by atoms with E-state index < -0.39 is 0 Å². The van der Waals surface area contributed by atoms with Crippen molar-refractivity contribution in [1.29, 1.82) is 0 Å². The van der Waals surface area contributed by atoms with Crippen LogP contribution in [0.1, 0.15) is 42.7 Å². The average Bonchev–Trinajstić information content (AvgIpc) is 3.35. The zero-order chi connectivity index (χ0) is 19.2. The summed E-state index contributed by atoms with van der Waals surface area (Å²) in [6.45, 7) is 3.12. The maximum absolute atomic E-state index is 13.2. The number of benzene rings is 1. The van der Waals surface area contributed by atoms with Gasteiger partial charge in [-0.2, -0.15) is 0 Å². The van der Waals surface area contributed by atoms with Crippen molar-refractivity contribution in [1.82, 2.24) is 9.88 Å². The summed E-state index contributed by atoms with van der Waals surface area (Å²) in [5, 5.41) is 3.04. The Morgan fingerprint density at radius 2 is 2.15 bits per heavy atom. The maximum Gasteiger partial charge on any atom is 0.139 e. The molecule has 2 heterocycles. The Labute approximate surface area is 166 Å². The minimum Gasteiger partial charge on any atom is -0.379 e. The van der Waals surface area contributed by atoms with E-state index >= 15 is 0 Å². The van der Waals surface area contributed by atoms with Gasteiger partial charge in [-0.15, -0.1) is 11.3 Å². The lowest BCUT2D eigenvalue weighted by Crippen LogP contribution is -2.44. The molecule has 4 nitrogen and oxygen atoms in total. The highest BCUT2D eigenvalue weighted by atomic mass is 32.1. The van der Waals surface area contributed by atoms with E-state index in [2.05, 4.69) is 41.2 Å². The number of ketones is 1. The van der Waals surface area contributed by atoms with Crippen LogP contribution in [0.25, 0.3) is 0 Å². The second-order valence-corrected chi connectivity index (χ2v) is 8.53.